The molecule has 0 aromatic carbocycles. The maximum Gasteiger partial charge on any atom is 0.407 e. The van der Waals surface area contributed by atoms with E-state index in [9.17, 15) is 9.59 Å². The van der Waals surface area contributed by atoms with Crippen LogP contribution in [-0.2, 0) is 9.53 Å². The lowest BCUT2D eigenvalue weighted by atomic mass is 9.81. The van der Waals surface area contributed by atoms with E-state index >= 15 is 0 Å². The van der Waals surface area contributed by atoms with Crippen LogP contribution in [0.1, 0.15) is 52.9 Å². The molecular weight excluding hydrogens is 218 g/mol. The summed E-state index contributed by atoms with van der Waals surface area (Å²) in [6, 6.07) is 0. The number of ether oxygens (including phenoxy) is 1. The molecule has 0 spiro atoms. The minimum absolute atomic E-state index is 0.302. The van der Waals surface area contributed by atoms with Crippen LogP contribution in [0.3, 0.4) is 0 Å². The van der Waals surface area contributed by atoms with Crippen molar-refractivity contribution in [2.75, 3.05) is 6.54 Å². The summed E-state index contributed by atoms with van der Waals surface area (Å²) in [5.41, 5.74) is -0.466. The molecule has 0 atom stereocenters. The first-order chi connectivity index (χ1) is 7.88. The minimum atomic E-state index is -0.466. The SMILES string of the molecule is CC(C)(C)OC(=O)NCCCC(=O)C1CCC1. The second kappa shape index (κ2) is 6.03. The van der Waals surface area contributed by atoms with Crippen molar-refractivity contribution in [3.8, 4) is 0 Å². The van der Waals surface area contributed by atoms with Gasteiger partial charge in [0.05, 0.1) is 0 Å². The number of carbonyl (C=O) groups is 2. The van der Waals surface area contributed by atoms with E-state index < -0.39 is 11.7 Å². The highest BCUT2D eigenvalue weighted by Gasteiger charge is 2.24. The van der Waals surface area contributed by atoms with Crippen LogP contribution in [0.4, 0.5) is 4.79 Å². The van der Waals surface area contributed by atoms with E-state index in [4.69, 9.17) is 4.74 Å². The Bertz CT molecular complexity index is 277. The molecular formula is C13H23NO3. The molecule has 0 radical (unpaired) electrons. The Morgan fingerprint density at radius 1 is 1.29 bits per heavy atom. The molecule has 1 fully saturated rings. The average Bonchev–Trinajstić information content (AvgIpc) is 2.06. The lowest BCUT2D eigenvalue weighted by Crippen LogP contribution is -2.33. The molecule has 0 unspecified atom stereocenters. The molecule has 0 bridgehead atoms. The number of nitrogens with one attached hydrogen (secondary N) is 1. The Balaban J connectivity index is 2.03. The number of carbonyl (C=O) groups excluding carboxylic acids is 2. The molecule has 17 heavy (non-hydrogen) atoms. The molecule has 1 amide bonds. The van der Waals surface area contributed by atoms with E-state index in [2.05, 4.69) is 5.32 Å². The van der Waals surface area contributed by atoms with Crippen molar-refractivity contribution >= 4 is 11.9 Å². The minimum Gasteiger partial charge on any atom is -0.444 e. The van der Waals surface area contributed by atoms with Gasteiger partial charge in [-0.2, -0.15) is 0 Å². The second-order valence-corrected chi connectivity index (χ2v) is 5.63. The van der Waals surface area contributed by atoms with Gasteiger partial charge in [0.1, 0.15) is 11.4 Å². The van der Waals surface area contributed by atoms with E-state index in [0.717, 1.165) is 12.8 Å². The zero-order valence-corrected chi connectivity index (χ0v) is 11.0. The molecule has 1 aliphatic carbocycles. The Hall–Kier alpha value is -1.06. The third-order valence-electron chi connectivity index (χ3n) is 2.83. The summed E-state index contributed by atoms with van der Waals surface area (Å²) >= 11 is 0. The lowest BCUT2D eigenvalue weighted by Gasteiger charge is -2.23. The molecule has 1 aliphatic rings. The van der Waals surface area contributed by atoms with Crippen LogP contribution in [-0.4, -0.2) is 24.0 Å². The normalized spacial score (nSPS) is 16.2. The number of alkyl carbamates (subject to hydrolysis) is 1. The fourth-order valence-electron chi connectivity index (χ4n) is 1.70. The third-order valence-corrected chi connectivity index (χ3v) is 2.83. The van der Waals surface area contributed by atoms with Gasteiger partial charge in [0.2, 0.25) is 0 Å². The maximum atomic E-state index is 11.6. The smallest absolute Gasteiger partial charge is 0.407 e. The summed E-state index contributed by atoms with van der Waals surface area (Å²) in [6.45, 7) is 5.99. The topological polar surface area (TPSA) is 55.4 Å². The first kappa shape index (κ1) is 14.0. The lowest BCUT2D eigenvalue weighted by molar-refractivity contribution is -0.125. The molecule has 1 rings (SSSR count). The predicted octanol–water partition coefficient (Wildman–Crippen LogP) is 2.66. The van der Waals surface area contributed by atoms with Crippen LogP contribution in [0, 0.1) is 5.92 Å². The monoisotopic (exact) mass is 241 g/mol. The summed E-state index contributed by atoms with van der Waals surface area (Å²) in [5.74, 6) is 0.652. The largest absolute Gasteiger partial charge is 0.444 e. The standard InChI is InChI=1S/C13H23NO3/c1-13(2,3)17-12(16)14-9-5-8-11(15)10-6-4-7-10/h10H,4-9H2,1-3H3,(H,14,16). The molecule has 0 aromatic rings. The highest BCUT2D eigenvalue weighted by atomic mass is 16.6. The molecule has 1 N–H and O–H groups in total. The number of rotatable bonds is 5. The fraction of sp³-hybridized carbons (Fsp3) is 0.846. The molecule has 0 saturated heterocycles. The Morgan fingerprint density at radius 3 is 2.41 bits per heavy atom. The van der Waals surface area contributed by atoms with Crippen LogP contribution in [0.15, 0.2) is 0 Å². The van der Waals surface area contributed by atoms with Crippen molar-refractivity contribution in [1.82, 2.24) is 5.32 Å². The van der Waals surface area contributed by atoms with E-state index in [0.29, 0.717) is 31.1 Å². The first-order valence-corrected chi connectivity index (χ1v) is 6.38. The summed E-state index contributed by atoms with van der Waals surface area (Å²) < 4.78 is 5.09. The highest BCUT2D eigenvalue weighted by molar-refractivity contribution is 5.81. The van der Waals surface area contributed by atoms with Crippen molar-refractivity contribution in [3.05, 3.63) is 0 Å². The predicted molar refractivity (Wildman–Crippen MR) is 65.8 cm³/mol. The average molecular weight is 241 g/mol. The van der Waals surface area contributed by atoms with Gasteiger partial charge < -0.3 is 10.1 Å². The van der Waals surface area contributed by atoms with Crippen LogP contribution < -0.4 is 5.32 Å². The number of ketones is 1. The van der Waals surface area contributed by atoms with Gasteiger partial charge in [-0.05, 0) is 40.0 Å². The van der Waals surface area contributed by atoms with Crippen LogP contribution in [0.5, 0.6) is 0 Å². The van der Waals surface area contributed by atoms with E-state index in [-0.39, 0.29) is 0 Å². The van der Waals surface area contributed by atoms with Gasteiger partial charge in [0, 0.05) is 18.9 Å². The zero-order valence-electron chi connectivity index (χ0n) is 11.0. The summed E-state index contributed by atoms with van der Waals surface area (Å²) in [5, 5.41) is 2.66. The third kappa shape index (κ3) is 5.71. The zero-order chi connectivity index (χ0) is 12.9. The van der Waals surface area contributed by atoms with Gasteiger partial charge in [0.25, 0.3) is 0 Å². The first-order valence-electron chi connectivity index (χ1n) is 6.38. The Kier molecular flexibility index (Phi) is 4.97. The van der Waals surface area contributed by atoms with Gasteiger partial charge in [-0.15, -0.1) is 0 Å². The number of hydrogen-bond donors (Lipinski definition) is 1. The van der Waals surface area contributed by atoms with Gasteiger partial charge >= 0.3 is 6.09 Å². The fourth-order valence-corrected chi connectivity index (χ4v) is 1.70. The molecule has 0 heterocycles. The molecule has 4 nitrogen and oxygen atoms in total. The van der Waals surface area contributed by atoms with Gasteiger partial charge in [0.15, 0.2) is 0 Å². The van der Waals surface area contributed by atoms with E-state index in [1.54, 1.807) is 0 Å². The van der Waals surface area contributed by atoms with Crippen molar-refractivity contribution in [2.45, 2.75) is 58.5 Å². The molecule has 4 heteroatoms. The molecule has 1 saturated carbocycles. The van der Waals surface area contributed by atoms with Crippen molar-refractivity contribution < 1.29 is 14.3 Å². The van der Waals surface area contributed by atoms with Crippen molar-refractivity contribution in [3.63, 3.8) is 0 Å². The van der Waals surface area contributed by atoms with E-state index in [1.807, 2.05) is 20.8 Å². The maximum absolute atomic E-state index is 11.6. The molecule has 0 aliphatic heterocycles. The van der Waals surface area contributed by atoms with Crippen LogP contribution >= 0.6 is 0 Å². The van der Waals surface area contributed by atoms with Crippen LogP contribution in [0.2, 0.25) is 0 Å². The van der Waals surface area contributed by atoms with Gasteiger partial charge in [-0.3, -0.25) is 4.79 Å². The van der Waals surface area contributed by atoms with Gasteiger partial charge in [-0.25, -0.2) is 4.79 Å². The quantitative estimate of drug-likeness (QED) is 0.753. The van der Waals surface area contributed by atoms with Crippen molar-refractivity contribution in [2.24, 2.45) is 5.92 Å². The molecule has 0 aromatic heterocycles. The number of amides is 1. The Labute approximate surface area is 103 Å². The van der Waals surface area contributed by atoms with Gasteiger partial charge in [-0.1, -0.05) is 6.42 Å². The highest BCUT2D eigenvalue weighted by Crippen LogP contribution is 2.28. The number of Topliss-reactive ketones (excluding diaryl/α,β-unsaturated/α-hetero) is 1. The Morgan fingerprint density at radius 2 is 1.94 bits per heavy atom. The summed E-state index contributed by atoms with van der Waals surface area (Å²) in [4.78, 5) is 22.8. The van der Waals surface area contributed by atoms with Crippen LogP contribution in [0.25, 0.3) is 0 Å². The molecule has 98 valence electrons. The number of hydrogen-bond acceptors (Lipinski definition) is 3. The second-order valence-electron chi connectivity index (χ2n) is 5.63. The van der Waals surface area contributed by atoms with E-state index in [1.165, 1.54) is 6.42 Å². The summed E-state index contributed by atoms with van der Waals surface area (Å²) in [6.07, 6.45) is 4.16. The van der Waals surface area contributed by atoms with Crippen molar-refractivity contribution in [1.29, 1.82) is 0 Å². The summed E-state index contributed by atoms with van der Waals surface area (Å²) in [7, 11) is 0.